The van der Waals surface area contributed by atoms with E-state index >= 15 is 0 Å². The van der Waals surface area contributed by atoms with Gasteiger partial charge in [0.15, 0.2) is 0 Å². The van der Waals surface area contributed by atoms with Gasteiger partial charge in [0, 0.05) is 0 Å². The van der Waals surface area contributed by atoms with Crippen LogP contribution in [0.5, 0.6) is 0 Å². The van der Waals surface area contributed by atoms with E-state index in [-0.39, 0.29) is 5.56 Å². The molecule has 0 bridgehead atoms. The van der Waals surface area contributed by atoms with E-state index in [1.807, 2.05) is 55.5 Å². The van der Waals surface area contributed by atoms with Gasteiger partial charge in [-0.05, 0) is 29.3 Å². The first kappa shape index (κ1) is 13.5. The van der Waals surface area contributed by atoms with Crippen LogP contribution >= 0.6 is 0 Å². The number of hydrogen-bond acceptors (Lipinski definition) is 3. The highest BCUT2D eigenvalue weighted by Crippen LogP contribution is 2.18. The summed E-state index contributed by atoms with van der Waals surface area (Å²) in [5, 5.41) is 6.36. The van der Waals surface area contributed by atoms with Crippen molar-refractivity contribution in [3.05, 3.63) is 74.8 Å². The first-order valence-electron chi connectivity index (χ1n) is 7.27. The van der Waals surface area contributed by atoms with Crippen molar-refractivity contribution in [2.45, 2.75) is 6.92 Å². The van der Waals surface area contributed by atoms with Crippen molar-refractivity contribution >= 4 is 23.4 Å². The van der Waals surface area contributed by atoms with E-state index in [0.29, 0.717) is 16.6 Å². The largest absolute Gasteiger partial charge is 0.299 e. The molecule has 2 heterocycles. The quantitative estimate of drug-likeness (QED) is 0.572. The normalized spacial score (nSPS) is 12.3. The Kier molecular flexibility index (Phi) is 2.87. The molecular formula is C18H14N4O. The maximum atomic E-state index is 12.3. The second-order valence-corrected chi connectivity index (χ2v) is 5.44. The number of H-pyrrole nitrogens is 1. The van der Waals surface area contributed by atoms with Crippen LogP contribution in [0.25, 0.3) is 29.4 Å². The lowest BCUT2D eigenvalue weighted by Crippen LogP contribution is -2.32. The molecule has 1 N–H and O–H groups in total. The van der Waals surface area contributed by atoms with Gasteiger partial charge < -0.3 is 0 Å². The molecule has 0 aliphatic carbocycles. The number of nitrogens with one attached hydrogen (secondary N) is 1. The highest BCUT2D eigenvalue weighted by Gasteiger charge is 2.11. The number of nitrogens with zero attached hydrogens (tertiary/aromatic N) is 3. The fraction of sp³-hybridized carbons (Fsp3) is 0.0556. The second kappa shape index (κ2) is 4.91. The van der Waals surface area contributed by atoms with E-state index in [1.165, 1.54) is 0 Å². The molecule has 5 nitrogen and oxygen atoms in total. The van der Waals surface area contributed by atoms with Gasteiger partial charge in [-0.3, -0.25) is 9.89 Å². The van der Waals surface area contributed by atoms with Crippen molar-refractivity contribution < 1.29 is 0 Å². The molecule has 0 unspecified atom stereocenters. The Morgan fingerprint density at radius 1 is 1.13 bits per heavy atom. The smallest absolute Gasteiger partial charge is 0.290 e. The lowest BCUT2D eigenvalue weighted by Gasteiger charge is -2.04. The molecule has 0 saturated carbocycles. The van der Waals surface area contributed by atoms with Crippen LogP contribution in [-0.4, -0.2) is 19.7 Å². The molecule has 2 aromatic rings. The highest BCUT2D eigenvalue weighted by atomic mass is 16.1. The number of benzene rings is 2. The van der Waals surface area contributed by atoms with Crippen molar-refractivity contribution in [1.29, 1.82) is 0 Å². The predicted octanol–water partition coefficient (Wildman–Crippen LogP) is 1.09. The summed E-state index contributed by atoms with van der Waals surface area (Å²) in [7, 11) is 0. The summed E-state index contributed by atoms with van der Waals surface area (Å²) in [5.41, 5.74) is 1.37. The SMILES string of the molecule is C=c1[nH]n2/c(=C/c3cccc4ccccc34)c(=O)nc-2nc1C. The summed E-state index contributed by atoms with van der Waals surface area (Å²) >= 11 is 0. The zero-order chi connectivity index (χ0) is 16.0. The van der Waals surface area contributed by atoms with Crippen LogP contribution in [0.4, 0.5) is 0 Å². The third kappa shape index (κ3) is 2.14. The number of rotatable bonds is 1. The third-order valence-corrected chi connectivity index (χ3v) is 3.93. The zero-order valence-electron chi connectivity index (χ0n) is 12.6. The summed E-state index contributed by atoms with van der Waals surface area (Å²) in [6.07, 6.45) is 1.83. The average molecular weight is 302 g/mol. The number of hydrogen-bond donors (Lipinski definition) is 1. The van der Waals surface area contributed by atoms with E-state index in [0.717, 1.165) is 22.0 Å². The van der Waals surface area contributed by atoms with E-state index in [9.17, 15) is 4.79 Å². The minimum atomic E-state index is -0.313. The van der Waals surface area contributed by atoms with E-state index in [4.69, 9.17) is 0 Å². The molecule has 23 heavy (non-hydrogen) atoms. The molecule has 0 aromatic heterocycles. The minimum absolute atomic E-state index is 0.313. The van der Waals surface area contributed by atoms with Crippen LogP contribution < -0.4 is 16.3 Å². The van der Waals surface area contributed by atoms with Crippen molar-refractivity contribution in [2.75, 3.05) is 0 Å². The van der Waals surface area contributed by atoms with Crippen molar-refractivity contribution in [3.8, 4) is 5.95 Å². The molecule has 2 aliphatic rings. The Hall–Kier alpha value is -3.21. The van der Waals surface area contributed by atoms with Gasteiger partial charge >= 0.3 is 0 Å². The van der Waals surface area contributed by atoms with Crippen LogP contribution in [-0.2, 0) is 0 Å². The Labute approximate surface area is 131 Å². The maximum Gasteiger partial charge on any atom is 0.299 e. The molecule has 0 fully saturated rings. The van der Waals surface area contributed by atoms with Crippen LogP contribution in [0, 0.1) is 6.92 Å². The zero-order valence-corrected chi connectivity index (χ0v) is 12.6. The van der Waals surface area contributed by atoms with Gasteiger partial charge in [0.2, 0.25) is 0 Å². The standard InChI is InChI=1S/C18H14N4O/c1-11-12(2)21-22-16(17(23)20-18(22)19-11)10-14-8-5-7-13-6-3-4-9-15(13)14/h3-10,21H,2H2,1H3/b16-10+. The Balaban J connectivity index is 2.08. The number of aromatic nitrogens is 4. The fourth-order valence-electron chi connectivity index (χ4n) is 2.67. The summed E-state index contributed by atoms with van der Waals surface area (Å²) < 4.78 is 1.58. The first-order valence-corrected chi connectivity index (χ1v) is 7.27. The number of fused-ring (bicyclic) bond motifs is 2. The monoisotopic (exact) mass is 302 g/mol. The van der Waals surface area contributed by atoms with Gasteiger partial charge in [0.05, 0.1) is 11.0 Å². The average Bonchev–Trinajstić information content (AvgIpc) is 2.84. The molecule has 5 heteroatoms. The van der Waals surface area contributed by atoms with Gasteiger partial charge in [0.1, 0.15) is 5.35 Å². The predicted molar refractivity (Wildman–Crippen MR) is 90.2 cm³/mol. The lowest BCUT2D eigenvalue weighted by atomic mass is 10.0. The molecular weight excluding hydrogens is 288 g/mol. The van der Waals surface area contributed by atoms with Crippen LogP contribution in [0.1, 0.15) is 11.3 Å². The van der Waals surface area contributed by atoms with Gasteiger partial charge in [-0.15, -0.1) is 0 Å². The Morgan fingerprint density at radius 2 is 1.91 bits per heavy atom. The number of imidazole rings is 1. The van der Waals surface area contributed by atoms with Crippen molar-refractivity contribution in [2.24, 2.45) is 0 Å². The van der Waals surface area contributed by atoms with E-state index in [2.05, 4.69) is 21.6 Å². The molecule has 0 radical (unpaired) electrons. The molecule has 2 aromatic carbocycles. The molecule has 4 rings (SSSR count). The fourth-order valence-corrected chi connectivity index (χ4v) is 2.67. The molecule has 0 spiro atoms. The topological polar surface area (TPSA) is 63.6 Å². The van der Waals surface area contributed by atoms with Gasteiger partial charge in [-0.2, -0.15) is 4.98 Å². The summed E-state index contributed by atoms with van der Waals surface area (Å²) in [6, 6.07) is 14.1. The van der Waals surface area contributed by atoms with Crippen molar-refractivity contribution in [1.82, 2.24) is 19.7 Å². The molecule has 0 atom stereocenters. The van der Waals surface area contributed by atoms with Crippen LogP contribution in [0.3, 0.4) is 0 Å². The Morgan fingerprint density at radius 3 is 2.78 bits per heavy atom. The lowest BCUT2D eigenvalue weighted by molar-refractivity contribution is 0.746. The molecule has 0 saturated heterocycles. The number of aromatic amines is 1. The van der Waals surface area contributed by atoms with Gasteiger partial charge in [-0.1, -0.05) is 49.0 Å². The summed E-state index contributed by atoms with van der Waals surface area (Å²) in [6.45, 7) is 5.72. The highest BCUT2D eigenvalue weighted by molar-refractivity contribution is 5.90. The van der Waals surface area contributed by atoms with Crippen LogP contribution in [0.15, 0.2) is 47.3 Å². The second-order valence-electron chi connectivity index (χ2n) is 5.44. The summed E-state index contributed by atoms with van der Waals surface area (Å²) in [5.74, 6) is 0.353. The van der Waals surface area contributed by atoms with E-state index in [1.54, 1.807) is 4.68 Å². The maximum absolute atomic E-state index is 12.3. The first-order chi connectivity index (χ1) is 11.1. The number of aryl methyl sites for hydroxylation is 1. The van der Waals surface area contributed by atoms with Crippen molar-refractivity contribution in [3.63, 3.8) is 0 Å². The Bertz CT molecular complexity index is 1160. The van der Waals surface area contributed by atoms with Gasteiger partial charge in [0.25, 0.3) is 11.5 Å². The van der Waals surface area contributed by atoms with E-state index < -0.39 is 0 Å². The van der Waals surface area contributed by atoms with Crippen LogP contribution in [0.2, 0.25) is 0 Å². The molecule has 0 amide bonds. The minimum Gasteiger partial charge on any atom is -0.290 e. The molecule has 112 valence electrons. The van der Waals surface area contributed by atoms with Gasteiger partial charge in [-0.25, -0.2) is 9.67 Å². The third-order valence-electron chi connectivity index (χ3n) is 3.93. The summed E-state index contributed by atoms with van der Waals surface area (Å²) in [4.78, 5) is 20.6. The molecule has 2 aliphatic heterocycles.